The normalized spacial score (nSPS) is 17.3. The summed E-state index contributed by atoms with van der Waals surface area (Å²) in [6, 6.07) is 10.9. The highest BCUT2D eigenvalue weighted by Crippen LogP contribution is 2.24. The zero-order valence-corrected chi connectivity index (χ0v) is 14.8. The molecule has 1 amide bonds. The van der Waals surface area contributed by atoms with Gasteiger partial charge in [-0.1, -0.05) is 6.07 Å². The van der Waals surface area contributed by atoms with Crippen molar-refractivity contribution in [3.8, 4) is 6.07 Å². The maximum absolute atomic E-state index is 13.4. The van der Waals surface area contributed by atoms with Crippen LogP contribution in [0.25, 0.3) is 0 Å². The fourth-order valence-corrected chi connectivity index (χ4v) is 4.10. The van der Waals surface area contributed by atoms with Gasteiger partial charge >= 0.3 is 0 Å². The Morgan fingerprint density at radius 1 is 1.27 bits per heavy atom. The van der Waals surface area contributed by atoms with E-state index < -0.39 is 22.0 Å². The number of nitrogens with one attached hydrogen (secondary N) is 1. The van der Waals surface area contributed by atoms with Crippen LogP contribution in [0.1, 0.15) is 17.5 Å². The van der Waals surface area contributed by atoms with Gasteiger partial charge in [-0.3, -0.25) is 4.79 Å². The van der Waals surface area contributed by atoms with Crippen molar-refractivity contribution in [2.75, 3.05) is 11.4 Å². The summed E-state index contributed by atoms with van der Waals surface area (Å²) in [5.41, 5.74) is 1.16. The van der Waals surface area contributed by atoms with Crippen molar-refractivity contribution in [3.05, 3.63) is 59.4 Å². The Labute approximate surface area is 150 Å². The number of carbonyl (C=O) groups is 1. The summed E-state index contributed by atoms with van der Waals surface area (Å²) in [7, 11) is -3.94. The van der Waals surface area contributed by atoms with Gasteiger partial charge in [0.1, 0.15) is 11.9 Å². The Balaban J connectivity index is 1.80. The lowest BCUT2D eigenvalue weighted by atomic mass is 10.2. The van der Waals surface area contributed by atoms with Crippen LogP contribution < -0.4 is 9.62 Å². The first-order valence-electron chi connectivity index (χ1n) is 7.92. The summed E-state index contributed by atoms with van der Waals surface area (Å²) in [4.78, 5) is 14.0. The van der Waals surface area contributed by atoms with Crippen LogP contribution in [0.3, 0.4) is 0 Å². The average Bonchev–Trinajstić information content (AvgIpc) is 2.97. The number of amides is 1. The zero-order valence-electron chi connectivity index (χ0n) is 13.9. The molecule has 8 heteroatoms. The van der Waals surface area contributed by atoms with Gasteiger partial charge in [0.25, 0.3) is 0 Å². The largest absolute Gasteiger partial charge is 0.311 e. The zero-order chi connectivity index (χ0) is 18.9. The lowest BCUT2D eigenvalue weighted by Crippen LogP contribution is -2.41. The fourth-order valence-electron chi connectivity index (χ4n) is 2.83. The highest BCUT2D eigenvalue weighted by Gasteiger charge is 2.35. The van der Waals surface area contributed by atoms with Gasteiger partial charge in [0.15, 0.2) is 0 Å². The van der Waals surface area contributed by atoms with Gasteiger partial charge in [-0.2, -0.15) is 9.98 Å². The summed E-state index contributed by atoms with van der Waals surface area (Å²) in [5, 5.41) is 8.90. The molecule has 1 aliphatic rings. The molecule has 0 saturated carbocycles. The molecule has 0 bridgehead atoms. The minimum absolute atomic E-state index is 0.0690. The molecule has 6 nitrogen and oxygen atoms in total. The van der Waals surface area contributed by atoms with E-state index in [1.807, 2.05) is 6.07 Å². The molecular formula is C18H16FN3O3S. The van der Waals surface area contributed by atoms with E-state index in [-0.39, 0.29) is 16.3 Å². The molecule has 1 saturated heterocycles. The van der Waals surface area contributed by atoms with Gasteiger partial charge < -0.3 is 4.90 Å². The molecule has 0 spiro atoms. The molecule has 2 aromatic rings. The molecule has 1 aliphatic heterocycles. The minimum Gasteiger partial charge on any atom is -0.311 e. The van der Waals surface area contributed by atoms with E-state index in [0.29, 0.717) is 24.2 Å². The second-order valence-corrected chi connectivity index (χ2v) is 7.74. The molecule has 0 radical (unpaired) electrons. The predicted octanol–water partition coefficient (Wildman–Crippen LogP) is 2.09. The molecule has 0 unspecified atom stereocenters. The Hall–Kier alpha value is -2.76. The highest BCUT2D eigenvalue weighted by molar-refractivity contribution is 7.89. The van der Waals surface area contributed by atoms with Gasteiger partial charge in [-0.05, 0) is 55.3 Å². The topological polar surface area (TPSA) is 90.3 Å². The molecular weight excluding hydrogens is 357 g/mol. The van der Waals surface area contributed by atoms with Crippen molar-refractivity contribution < 1.29 is 17.6 Å². The molecule has 0 aliphatic carbocycles. The summed E-state index contributed by atoms with van der Waals surface area (Å²) in [6.45, 7) is 1.93. The van der Waals surface area contributed by atoms with E-state index in [9.17, 15) is 17.6 Å². The first kappa shape index (κ1) is 18.0. The van der Waals surface area contributed by atoms with Gasteiger partial charge in [0.05, 0.1) is 16.5 Å². The van der Waals surface area contributed by atoms with Crippen molar-refractivity contribution in [3.63, 3.8) is 0 Å². The number of sulfonamides is 1. The molecule has 0 aromatic heterocycles. The van der Waals surface area contributed by atoms with Gasteiger partial charge in [0, 0.05) is 12.2 Å². The first-order valence-corrected chi connectivity index (χ1v) is 9.40. The summed E-state index contributed by atoms with van der Waals surface area (Å²) >= 11 is 0. The van der Waals surface area contributed by atoms with Crippen molar-refractivity contribution in [1.29, 1.82) is 5.26 Å². The summed E-state index contributed by atoms with van der Waals surface area (Å²) in [6.07, 6.45) is 0.298. The predicted molar refractivity (Wildman–Crippen MR) is 93.4 cm³/mol. The molecule has 1 heterocycles. The SMILES string of the molecule is Cc1cc(N2CC[C@@H](NS(=O)(=O)c3cccc(C#N)c3)C2=O)ccc1F. The molecule has 1 N–H and O–H groups in total. The third-order valence-electron chi connectivity index (χ3n) is 4.23. The van der Waals surface area contributed by atoms with E-state index in [2.05, 4.69) is 4.72 Å². The van der Waals surface area contributed by atoms with Crippen molar-refractivity contribution in [2.45, 2.75) is 24.3 Å². The van der Waals surface area contributed by atoms with Crippen LogP contribution in [0, 0.1) is 24.1 Å². The van der Waals surface area contributed by atoms with E-state index >= 15 is 0 Å². The number of nitriles is 1. The second-order valence-electron chi connectivity index (χ2n) is 6.03. The van der Waals surface area contributed by atoms with Gasteiger partial charge in [-0.25, -0.2) is 12.8 Å². The Bertz CT molecular complexity index is 1010. The highest BCUT2D eigenvalue weighted by atomic mass is 32.2. The lowest BCUT2D eigenvalue weighted by molar-refractivity contribution is -0.118. The Morgan fingerprint density at radius 3 is 2.73 bits per heavy atom. The monoisotopic (exact) mass is 373 g/mol. The summed E-state index contributed by atoms with van der Waals surface area (Å²) in [5.74, 6) is -0.758. The number of benzene rings is 2. The lowest BCUT2D eigenvalue weighted by Gasteiger charge is -2.18. The van der Waals surface area contributed by atoms with Crippen molar-refractivity contribution in [1.82, 2.24) is 4.72 Å². The number of anilines is 1. The van der Waals surface area contributed by atoms with Crippen molar-refractivity contribution >= 4 is 21.6 Å². The van der Waals surface area contributed by atoms with Crippen LogP contribution in [0.2, 0.25) is 0 Å². The van der Waals surface area contributed by atoms with E-state index in [1.165, 1.54) is 41.3 Å². The smallest absolute Gasteiger partial charge is 0.245 e. The van der Waals surface area contributed by atoms with Crippen LogP contribution in [0.4, 0.5) is 10.1 Å². The van der Waals surface area contributed by atoms with E-state index in [0.717, 1.165) is 0 Å². The molecule has 1 atom stereocenters. The minimum atomic E-state index is -3.94. The molecule has 1 fully saturated rings. The molecule has 26 heavy (non-hydrogen) atoms. The van der Waals surface area contributed by atoms with Crippen LogP contribution in [-0.4, -0.2) is 26.9 Å². The van der Waals surface area contributed by atoms with E-state index in [4.69, 9.17) is 5.26 Å². The Kier molecular flexibility index (Phi) is 4.76. The molecule has 3 rings (SSSR count). The summed E-state index contributed by atoms with van der Waals surface area (Å²) < 4.78 is 40.8. The van der Waals surface area contributed by atoms with Crippen LogP contribution in [0.15, 0.2) is 47.4 Å². The third kappa shape index (κ3) is 3.45. The van der Waals surface area contributed by atoms with Crippen LogP contribution in [-0.2, 0) is 14.8 Å². The van der Waals surface area contributed by atoms with Gasteiger partial charge in [-0.15, -0.1) is 0 Å². The van der Waals surface area contributed by atoms with Gasteiger partial charge in [0.2, 0.25) is 15.9 Å². The number of aryl methyl sites for hydroxylation is 1. The fraction of sp³-hybridized carbons (Fsp3) is 0.222. The molecule has 2 aromatic carbocycles. The van der Waals surface area contributed by atoms with Crippen LogP contribution in [0.5, 0.6) is 0 Å². The number of carbonyl (C=O) groups excluding carboxylic acids is 1. The third-order valence-corrected chi connectivity index (χ3v) is 5.70. The van der Waals surface area contributed by atoms with E-state index in [1.54, 1.807) is 13.0 Å². The number of halogens is 1. The quantitative estimate of drug-likeness (QED) is 0.889. The maximum Gasteiger partial charge on any atom is 0.245 e. The second kappa shape index (κ2) is 6.86. The van der Waals surface area contributed by atoms with Crippen molar-refractivity contribution in [2.24, 2.45) is 0 Å². The first-order chi connectivity index (χ1) is 12.3. The number of hydrogen-bond acceptors (Lipinski definition) is 4. The average molecular weight is 373 g/mol. The van der Waals surface area contributed by atoms with Crippen LogP contribution >= 0.6 is 0 Å². The molecule has 134 valence electrons. The standard InChI is InChI=1S/C18H16FN3O3S/c1-12-9-14(5-6-16(12)19)22-8-7-17(18(22)23)21-26(24,25)15-4-2-3-13(10-15)11-20/h2-6,9-10,17,21H,7-8H2,1H3/t17-/m1/s1. The number of rotatable bonds is 4. The Morgan fingerprint density at radius 2 is 2.04 bits per heavy atom. The number of nitrogens with zero attached hydrogens (tertiary/aromatic N) is 2. The maximum atomic E-state index is 13.4. The number of hydrogen-bond donors (Lipinski definition) is 1.